The van der Waals surface area contributed by atoms with E-state index in [0.29, 0.717) is 11.3 Å². The number of hydrogen-bond acceptors (Lipinski definition) is 7. The second kappa shape index (κ2) is 13.5. The third kappa shape index (κ3) is 7.87. The van der Waals surface area contributed by atoms with E-state index in [1.165, 1.54) is 41.7 Å². The lowest BCUT2D eigenvalue weighted by Crippen LogP contribution is -2.51. The Balaban J connectivity index is 1.93. The molecular weight excluding hydrogens is 534 g/mol. The second-order valence-corrected chi connectivity index (χ2v) is 11.9. The number of nitrogens with one attached hydrogen (secondary N) is 1. The molecule has 0 aliphatic heterocycles. The minimum absolute atomic E-state index is 0.0464. The number of carbonyl (C=O) groups is 1. The molecule has 3 rings (SSSR count). The van der Waals surface area contributed by atoms with Crippen LogP contribution in [0.4, 0.5) is 5.69 Å². The van der Waals surface area contributed by atoms with E-state index in [2.05, 4.69) is 5.32 Å². The van der Waals surface area contributed by atoms with Gasteiger partial charge >= 0.3 is 0 Å². The van der Waals surface area contributed by atoms with Gasteiger partial charge in [-0.2, -0.15) is 4.31 Å². The molecule has 0 aliphatic rings. The number of benzene rings is 3. The van der Waals surface area contributed by atoms with Crippen molar-refractivity contribution < 1.29 is 28.0 Å². The van der Waals surface area contributed by atoms with E-state index >= 15 is 0 Å². The molecule has 3 aromatic rings. The monoisotopic (exact) mass is 569 g/mol. The summed E-state index contributed by atoms with van der Waals surface area (Å²) in [5.74, 6) is -0.138. The van der Waals surface area contributed by atoms with Crippen molar-refractivity contribution in [3.8, 4) is 5.75 Å². The van der Waals surface area contributed by atoms with Crippen LogP contribution in [-0.2, 0) is 16.4 Å². The lowest BCUT2D eigenvalue weighted by Gasteiger charge is -2.31. The minimum Gasteiger partial charge on any atom is -0.497 e. The summed E-state index contributed by atoms with van der Waals surface area (Å²) in [4.78, 5) is 24.0. The quantitative estimate of drug-likeness (QED) is 0.235. The Bertz CT molecular complexity index is 1410. The van der Waals surface area contributed by atoms with Gasteiger partial charge in [0.05, 0.1) is 29.1 Å². The third-order valence-electron chi connectivity index (χ3n) is 6.41. The Labute approximate surface area is 234 Å². The fraction of sp³-hybridized carbons (Fsp3) is 0.345. The van der Waals surface area contributed by atoms with Crippen molar-refractivity contribution in [1.82, 2.24) is 9.62 Å². The summed E-state index contributed by atoms with van der Waals surface area (Å²) in [5.41, 5.74) is 1.21. The van der Waals surface area contributed by atoms with Gasteiger partial charge in [-0.3, -0.25) is 14.9 Å². The number of hydrogen-bond donors (Lipinski definition) is 2. The normalized spacial score (nSPS) is 13.2. The van der Waals surface area contributed by atoms with E-state index in [4.69, 9.17) is 4.74 Å². The number of amides is 1. The molecule has 0 spiro atoms. The summed E-state index contributed by atoms with van der Waals surface area (Å²) in [6.45, 7) is 5.27. The van der Waals surface area contributed by atoms with Gasteiger partial charge in [-0.05, 0) is 54.7 Å². The first-order valence-corrected chi connectivity index (χ1v) is 14.3. The number of aliphatic hydroxyl groups excluding tert-OH is 1. The third-order valence-corrected chi connectivity index (χ3v) is 8.26. The highest BCUT2D eigenvalue weighted by molar-refractivity contribution is 7.89. The summed E-state index contributed by atoms with van der Waals surface area (Å²) < 4.78 is 33.5. The van der Waals surface area contributed by atoms with Crippen molar-refractivity contribution in [1.29, 1.82) is 0 Å². The van der Waals surface area contributed by atoms with E-state index in [1.54, 1.807) is 19.1 Å². The van der Waals surface area contributed by atoms with Gasteiger partial charge in [-0.1, -0.05) is 50.2 Å². The number of non-ortho nitro benzene ring substituents is 1. The molecule has 3 aromatic carbocycles. The molecule has 0 aliphatic carbocycles. The molecule has 2 atom stereocenters. The van der Waals surface area contributed by atoms with Crippen LogP contribution in [0, 0.1) is 23.0 Å². The molecule has 11 heteroatoms. The number of nitro groups is 1. The van der Waals surface area contributed by atoms with Crippen molar-refractivity contribution in [2.24, 2.45) is 5.92 Å². The van der Waals surface area contributed by atoms with Crippen LogP contribution in [0.15, 0.2) is 77.7 Å². The predicted molar refractivity (Wildman–Crippen MR) is 152 cm³/mol. The van der Waals surface area contributed by atoms with E-state index in [1.807, 2.05) is 44.2 Å². The van der Waals surface area contributed by atoms with Gasteiger partial charge in [0.15, 0.2) is 0 Å². The maximum atomic E-state index is 13.6. The van der Waals surface area contributed by atoms with Crippen LogP contribution in [0.2, 0.25) is 0 Å². The number of aryl methyl sites for hydroxylation is 1. The van der Waals surface area contributed by atoms with Crippen LogP contribution in [-0.4, -0.2) is 61.0 Å². The topological polar surface area (TPSA) is 139 Å². The largest absolute Gasteiger partial charge is 0.497 e. The number of aliphatic hydroxyl groups is 1. The number of rotatable bonds is 13. The van der Waals surface area contributed by atoms with Crippen LogP contribution < -0.4 is 10.1 Å². The van der Waals surface area contributed by atoms with E-state index in [-0.39, 0.29) is 41.6 Å². The summed E-state index contributed by atoms with van der Waals surface area (Å²) in [7, 11) is -2.51. The SMILES string of the molecule is COc1ccc(S(=O)(=O)N(CC(C)C)CC(O)[C@H](Cc2ccccc2)NC(=O)c2cc([N+](=O)[O-])ccc2C)cc1. The fourth-order valence-corrected chi connectivity index (χ4v) is 5.90. The van der Waals surface area contributed by atoms with E-state index < -0.39 is 33.0 Å². The zero-order chi connectivity index (χ0) is 29.4. The van der Waals surface area contributed by atoms with Gasteiger partial charge in [0.2, 0.25) is 10.0 Å². The first-order valence-electron chi connectivity index (χ1n) is 12.8. The maximum absolute atomic E-state index is 13.6. The van der Waals surface area contributed by atoms with Gasteiger partial charge in [0.1, 0.15) is 5.75 Å². The average Bonchev–Trinajstić information content (AvgIpc) is 2.92. The zero-order valence-corrected chi connectivity index (χ0v) is 23.8. The highest BCUT2D eigenvalue weighted by Crippen LogP contribution is 2.22. The number of carbonyl (C=O) groups excluding carboxylic acids is 1. The maximum Gasteiger partial charge on any atom is 0.270 e. The van der Waals surface area contributed by atoms with Crippen LogP contribution in [0.1, 0.15) is 35.3 Å². The van der Waals surface area contributed by atoms with Crippen molar-refractivity contribution in [2.75, 3.05) is 20.2 Å². The highest BCUT2D eigenvalue weighted by atomic mass is 32.2. The van der Waals surface area contributed by atoms with Gasteiger partial charge in [-0.15, -0.1) is 0 Å². The van der Waals surface area contributed by atoms with Crippen LogP contribution >= 0.6 is 0 Å². The molecule has 0 aromatic heterocycles. The van der Waals surface area contributed by atoms with Crippen molar-refractivity contribution >= 4 is 21.6 Å². The molecule has 40 heavy (non-hydrogen) atoms. The summed E-state index contributed by atoms with van der Waals surface area (Å²) in [5, 5.41) is 25.5. The molecule has 0 bridgehead atoms. The number of nitrogens with zero attached hydrogens (tertiary/aromatic N) is 2. The first-order chi connectivity index (χ1) is 18.9. The molecule has 1 unspecified atom stereocenters. The van der Waals surface area contributed by atoms with Gasteiger partial charge in [0, 0.05) is 30.8 Å². The van der Waals surface area contributed by atoms with E-state index in [0.717, 1.165) is 5.56 Å². The highest BCUT2D eigenvalue weighted by Gasteiger charge is 2.32. The van der Waals surface area contributed by atoms with Gasteiger partial charge < -0.3 is 15.2 Å². The lowest BCUT2D eigenvalue weighted by atomic mass is 9.99. The average molecular weight is 570 g/mol. The summed E-state index contributed by atoms with van der Waals surface area (Å²) in [6.07, 6.45) is -1.09. The standard InChI is InChI=1S/C29H35N3O7S/c1-20(2)18-31(40(37,38)25-14-12-24(39-4)13-15-25)19-28(33)27(16-22-8-6-5-7-9-22)30-29(34)26-17-23(32(35)36)11-10-21(26)3/h5-15,17,20,27-28,33H,16,18-19H2,1-4H3,(H,30,34)/t27-,28?/m0/s1. The van der Waals surface area contributed by atoms with Crippen LogP contribution in [0.3, 0.4) is 0 Å². The predicted octanol–water partition coefficient (Wildman–Crippen LogP) is 3.96. The summed E-state index contributed by atoms with van der Waals surface area (Å²) >= 11 is 0. The first kappa shape index (κ1) is 30.7. The zero-order valence-electron chi connectivity index (χ0n) is 23.0. The smallest absolute Gasteiger partial charge is 0.270 e. The Morgan fingerprint density at radius 3 is 2.27 bits per heavy atom. The van der Waals surface area contributed by atoms with Crippen molar-refractivity contribution in [2.45, 2.75) is 44.2 Å². The molecule has 0 saturated heterocycles. The number of ether oxygens (including phenoxy) is 1. The fourth-order valence-electron chi connectivity index (χ4n) is 4.28. The Morgan fingerprint density at radius 1 is 1.05 bits per heavy atom. The van der Waals surface area contributed by atoms with Gasteiger partial charge in [0.25, 0.3) is 11.6 Å². The second-order valence-electron chi connectivity index (χ2n) is 9.98. The number of sulfonamides is 1. The molecule has 0 heterocycles. The Kier molecular flexibility index (Phi) is 10.4. The molecule has 214 valence electrons. The number of nitro benzene ring substituents is 1. The van der Waals surface area contributed by atoms with Crippen LogP contribution in [0.25, 0.3) is 0 Å². The van der Waals surface area contributed by atoms with E-state index in [9.17, 15) is 28.4 Å². The van der Waals surface area contributed by atoms with Crippen molar-refractivity contribution in [3.05, 3.63) is 99.6 Å². The molecule has 1 amide bonds. The lowest BCUT2D eigenvalue weighted by molar-refractivity contribution is -0.384. The van der Waals surface area contributed by atoms with Crippen molar-refractivity contribution in [3.63, 3.8) is 0 Å². The molecule has 0 radical (unpaired) electrons. The summed E-state index contributed by atoms with van der Waals surface area (Å²) in [6, 6.07) is 18.3. The van der Waals surface area contributed by atoms with Crippen LogP contribution in [0.5, 0.6) is 5.75 Å². The Hall–Kier alpha value is -3.80. The molecule has 0 fully saturated rings. The van der Waals surface area contributed by atoms with Gasteiger partial charge in [-0.25, -0.2) is 8.42 Å². The number of methoxy groups -OCH3 is 1. The Morgan fingerprint density at radius 2 is 1.70 bits per heavy atom. The minimum atomic E-state index is -3.99. The molecular formula is C29H35N3O7S. The molecule has 10 nitrogen and oxygen atoms in total. The molecule has 0 saturated carbocycles. The molecule has 2 N–H and O–H groups in total.